The van der Waals surface area contributed by atoms with Gasteiger partial charge in [0.25, 0.3) is 5.69 Å². The fraction of sp³-hybridized carbons (Fsp3) is 0.385. The molecular formula is C13H15N3O3. The summed E-state index contributed by atoms with van der Waals surface area (Å²) < 4.78 is 0. The lowest BCUT2D eigenvalue weighted by molar-refractivity contribution is -0.385. The summed E-state index contributed by atoms with van der Waals surface area (Å²) in [6.45, 7) is 4.35. The second-order valence-electron chi connectivity index (χ2n) is 4.00. The third-order valence-corrected chi connectivity index (χ3v) is 2.80. The smallest absolute Gasteiger partial charge is 0.282 e. The predicted octanol–water partition coefficient (Wildman–Crippen LogP) is 2.54. The molecule has 0 atom stereocenters. The summed E-state index contributed by atoms with van der Waals surface area (Å²) in [5.74, 6) is -0.335. The molecule has 19 heavy (non-hydrogen) atoms. The number of benzene rings is 1. The third kappa shape index (κ3) is 3.52. The average molecular weight is 261 g/mol. The summed E-state index contributed by atoms with van der Waals surface area (Å²) in [4.78, 5) is 23.6. The molecule has 100 valence electrons. The minimum absolute atomic E-state index is 0.102. The van der Waals surface area contributed by atoms with Crippen molar-refractivity contribution in [3.8, 4) is 6.07 Å². The first kappa shape index (κ1) is 14.6. The van der Waals surface area contributed by atoms with Crippen LogP contribution in [-0.4, -0.2) is 23.8 Å². The minimum Gasteiger partial charge on any atom is -0.371 e. The van der Waals surface area contributed by atoms with Gasteiger partial charge in [0.15, 0.2) is 5.78 Å². The van der Waals surface area contributed by atoms with Crippen LogP contribution in [0.4, 0.5) is 11.4 Å². The van der Waals surface area contributed by atoms with Gasteiger partial charge in [-0.3, -0.25) is 14.9 Å². The normalized spacial score (nSPS) is 9.74. The monoisotopic (exact) mass is 261 g/mol. The van der Waals surface area contributed by atoms with E-state index in [1.807, 2.05) is 17.9 Å². The Bertz CT molecular complexity index is 534. The van der Waals surface area contributed by atoms with Gasteiger partial charge in [-0.05, 0) is 26.0 Å². The SMILES string of the molecule is CCN(CCC#N)c1ccc(C(C)=O)c([N+](=O)[O-])c1. The lowest BCUT2D eigenvalue weighted by Crippen LogP contribution is -2.23. The molecule has 1 rings (SSSR count). The van der Waals surface area contributed by atoms with Crippen LogP contribution in [0.2, 0.25) is 0 Å². The number of nitriles is 1. The molecule has 0 aliphatic carbocycles. The number of carbonyl (C=O) groups is 1. The van der Waals surface area contributed by atoms with Crippen LogP contribution in [0, 0.1) is 21.4 Å². The van der Waals surface area contributed by atoms with Crippen LogP contribution in [0.3, 0.4) is 0 Å². The summed E-state index contributed by atoms with van der Waals surface area (Å²) in [6.07, 6.45) is 0.343. The van der Waals surface area contributed by atoms with E-state index in [1.54, 1.807) is 6.07 Å². The van der Waals surface area contributed by atoms with Gasteiger partial charge < -0.3 is 4.90 Å². The fourth-order valence-electron chi connectivity index (χ4n) is 1.82. The highest BCUT2D eigenvalue weighted by Crippen LogP contribution is 2.26. The van der Waals surface area contributed by atoms with Crippen molar-refractivity contribution < 1.29 is 9.72 Å². The molecule has 0 radical (unpaired) electrons. The van der Waals surface area contributed by atoms with Gasteiger partial charge in [-0.2, -0.15) is 5.26 Å². The third-order valence-electron chi connectivity index (χ3n) is 2.80. The molecule has 0 saturated heterocycles. The molecule has 0 spiro atoms. The van der Waals surface area contributed by atoms with Gasteiger partial charge in [0.1, 0.15) is 0 Å². The molecule has 0 heterocycles. The topological polar surface area (TPSA) is 87.2 Å². The molecule has 0 amide bonds. The van der Waals surface area contributed by atoms with Gasteiger partial charge >= 0.3 is 0 Å². The molecule has 0 aliphatic heterocycles. The molecule has 0 unspecified atom stereocenters. The van der Waals surface area contributed by atoms with E-state index in [9.17, 15) is 14.9 Å². The van der Waals surface area contributed by atoms with Crippen molar-refractivity contribution in [2.24, 2.45) is 0 Å². The van der Waals surface area contributed by atoms with Crippen molar-refractivity contribution in [1.82, 2.24) is 0 Å². The van der Waals surface area contributed by atoms with Gasteiger partial charge in [-0.1, -0.05) is 0 Å². The van der Waals surface area contributed by atoms with Crippen LogP contribution in [0.15, 0.2) is 18.2 Å². The summed E-state index contributed by atoms with van der Waals surface area (Å²) in [5, 5.41) is 19.6. The maximum Gasteiger partial charge on any atom is 0.282 e. The van der Waals surface area contributed by atoms with Crippen LogP contribution in [0.5, 0.6) is 0 Å². The molecule has 6 nitrogen and oxygen atoms in total. The highest BCUT2D eigenvalue weighted by molar-refractivity contribution is 5.98. The molecular weight excluding hydrogens is 246 g/mol. The number of rotatable bonds is 6. The molecule has 0 fully saturated rings. The highest BCUT2D eigenvalue weighted by Gasteiger charge is 2.19. The van der Waals surface area contributed by atoms with Crippen molar-refractivity contribution in [3.05, 3.63) is 33.9 Å². The minimum atomic E-state index is -0.557. The van der Waals surface area contributed by atoms with Crippen molar-refractivity contribution >= 4 is 17.2 Å². The Morgan fingerprint density at radius 3 is 2.68 bits per heavy atom. The van der Waals surface area contributed by atoms with Crippen LogP contribution in [0.25, 0.3) is 0 Å². The van der Waals surface area contributed by atoms with E-state index in [-0.39, 0.29) is 17.0 Å². The van der Waals surface area contributed by atoms with E-state index in [2.05, 4.69) is 0 Å². The number of Topliss-reactive ketones (excluding diaryl/α,β-unsaturated/α-hetero) is 1. The maximum atomic E-state index is 11.3. The summed E-state index contributed by atoms with van der Waals surface area (Å²) in [6, 6.07) is 6.56. The number of anilines is 1. The zero-order chi connectivity index (χ0) is 14.4. The standard InChI is InChI=1S/C13H15N3O3/c1-3-15(8-4-7-14)11-5-6-12(10(2)17)13(9-11)16(18)19/h5-6,9H,3-4,8H2,1-2H3. The van der Waals surface area contributed by atoms with Crippen LogP contribution in [0.1, 0.15) is 30.6 Å². The average Bonchev–Trinajstić information content (AvgIpc) is 2.39. The quantitative estimate of drug-likeness (QED) is 0.446. The number of hydrogen-bond acceptors (Lipinski definition) is 5. The molecule has 0 aromatic heterocycles. The molecule has 0 N–H and O–H groups in total. The Hall–Kier alpha value is -2.42. The Morgan fingerprint density at radius 1 is 1.53 bits per heavy atom. The Balaban J connectivity index is 3.17. The fourth-order valence-corrected chi connectivity index (χ4v) is 1.82. The first-order chi connectivity index (χ1) is 9.01. The largest absolute Gasteiger partial charge is 0.371 e. The summed E-state index contributed by atoms with van der Waals surface area (Å²) in [7, 11) is 0. The Labute approximate surface area is 111 Å². The van der Waals surface area contributed by atoms with Gasteiger partial charge in [0.05, 0.1) is 23.0 Å². The molecule has 0 saturated carbocycles. The van der Waals surface area contributed by atoms with E-state index in [0.29, 0.717) is 25.2 Å². The van der Waals surface area contributed by atoms with Crippen molar-refractivity contribution in [3.63, 3.8) is 0 Å². The Kier molecular flexibility index (Phi) is 5.01. The number of hydrogen-bond donors (Lipinski definition) is 0. The van der Waals surface area contributed by atoms with Gasteiger partial charge in [-0.15, -0.1) is 0 Å². The number of ketones is 1. The number of nitro benzene ring substituents is 1. The second kappa shape index (κ2) is 6.50. The lowest BCUT2D eigenvalue weighted by atomic mass is 10.1. The first-order valence-electron chi connectivity index (χ1n) is 5.92. The number of carbonyl (C=O) groups excluding carboxylic acids is 1. The van der Waals surface area contributed by atoms with E-state index in [1.165, 1.54) is 19.1 Å². The van der Waals surface area contributed by atoms with Crippen molar-refractivity contribution in [2.45, 2.75) is 20.3 Å². The van der Waals surface area contributed by atoms with Gasteiger partial charge in [-0.25, -0.2) is 0 Å². The maximum absolute atomic E-state index is 11.3. The van der Waals surface area contributed by atoms with Crippen LogP contribution in [-0.2, 0) is 0 Å². The van der Waals surface area contributed by atoms with Gasteiger partial charge in [0.2, 0.25) is 0 Å². The van der Waals surface area contributed by atoms with Crippen LogP contribution >= 0.6 is 0 Å². The zero-order valence-corrected chi connectivity index (χ0v) is 10.9. The van der Waals surface area contributed by atoms with E-state index in [4.69, 9.17) is 5.26 Å². The molecule has 0 aliphatic rings. The molecule has 1 aromatic carbocycles. The van der Waals surface area contributed by atoms with E-state index >= 15 is 0 Å². The lowest BCUT2D eigenvalue weighted by Gasteiger charge is -2.21. The van der Waals surface area contributed by atoms with Gasteiger partial charge in [0, 0.05) is 24.8 Å². The first-order valence-corrected chi connectivity index (χ1v) is 5.92. The van der Waals surface area contributed by atoms with Crippen molar-refractivity contribution in [2.75, 3.05) is 18.0 Å². The summed E-state index contributed by atoms with van der Waals surface area (Å²) >= 11 is 0. The van der Waals surface area contributed by atoms with E-state index < -0.39 is 4.92 Å². The predicted molar refractivity (Wildman–Crippen MR) is 71.2 cm³/mol. The van der Waals surface area contributed by atoms with Crippen LogP contribution < -0.4 is 4.90 Å². The Morgan fingerprint density at radius 2 is 2.21 bits per heavy atom. The molecule has 6 heteroatoms. The second-order valence-corrected chi connectivity index (χ2v) is 4.00. The van der Waals surface area contributed by atoms with Crippen molar-refractivity contribution in [1.29, 1.82) is 5.26 Å². The summed E-state index contributed by atoms with van der Waals surface area (Å²) in [5.41, 5.74) is 0.556. The molecule has 1 aromatic rings. The van der Waals surface area contributed by atoms with E-state index in [0.717, 1.165) is 0 Å². The zero-order valence-electron chi connectivity index (χ0n) is 10.9. The number of nitrogens with zero attached hydrogens (tertiary/aromatic N) is 3. The highest BCUT2D eigenvalue weighted by atomic mass is 16.6. The number of nitro groups is 1. The molecule has 0 bridgehead atoms.